The standard InChI is InChI=1S/C24H19BrN2O2/c1-17-6-2-4-8-22(17)27-24(28)20(15-26)14-19-7-3-5-9-23(19)29-16-18-10-12-21(25)13-11-18/h2-14H,16H2,1H3,(H,27,28)/b20-14+. The van der Waals surface area contributed by atoms with Gasteiger partial charge in [-0.25, -0.2) is 0 Å². The molecule has 29 heavy (non-hydrogen) atoms. The topological polar surface area (TPSA) is 62.1 Å². The van der Waals surface area contributed by atoms with E-state index in [-0.39, 0.29) is 5.57 Å². The van der Waals surface area contributed by atoms with Gasteiger partial charge >= 0.3 is 0 Å². The van der Waals surface area contributed by atoms with Crippen molar-refractivity contribution in [2.24, 2.45) is 0 Å². The molecule has 4 nitrogen and oxygen atoms in total. The van der Waals surface area contributed by atoms with Crippen molar-refractivity contribution in [2.75, 3.05) is 5.32 Å². The Hall–Kier alpha value is -3.36. The number of halogens is 1. The first-order valence-electron chi connectivity index (χ1n) is 9.02. The van der Waals surface area contributed by atoms with E-state index >= 15 is 0 Å². The number of ether oxygens (including phenoxy) is 1. The van der Waals surface area contributed by atoms with Crippen LogP contribution in [0.4, 0.5) is 5.69 Å². The number of rotatable bonds is 6. The number of hydrogen-bond acceptors (Lipinski definition) is 3. The second-order valence-electron chi connectivity index (χ2n) is 6.39. The van der Waals surface area contributed by atoms with Crippen LogP contribution in [-0.4, -0.2) is 5.91 Å². The summed E-state index contributed by atoms with van der Waals surface area (Å²) in [6, 6.07) is 24.6. The van der Waals surface area contributed by atoms with E-state index in [0.717, 1.165) is 15.6 Å². The Morgan fingerprint density at radius 3 is 2.48 bits per heavy atom. The summed E-state index contributed by atoms with van der Waals surface area (Å²) >= 11 is 3.41. The lowest BCUT2D eigenvalue weighted by Crippen LogP contribution is -2.14. The first-order valence-corrected chi connectivity index (χ1v) is 9.81. The number of amides is 1. The molecule has 3 aromatic rings. The molecule has 0 aliphatic heterocycles. The number of anilines is 1. The molecule has 3 aromatic carbocycles. The molecule has 0 radical (unpaired) electrons. The average Bonchev–Trinajstić information content (AvgIpc) is 2.74. The minimum atomic E-state index is -0.454. The fourth-order valence-corrected chi connectivity index (χ4v) is 2.94. The van der Waals surface area contributed by atoms with Gasteiger partial charge in [0, 0.05) is 15.7 Å². The summed E-state index contributed by atoms with van der Waals surface area (Å²) in [6.45, 7) is 2.28. The Labute approximate surface area is 178 Å². The van der Waals surface area contributed by atoms with Gasteiger partial charge in [-0.1, -0.05) is 64.5 Å². The van der Waals surface area contributed by atoms with E-state index in [2.05, 4.69) is 21.2 Å². The number of nitrogens with zero attached hydrogens (tertiary/aromatic N) is 1. The summed E-state index contributed by atoms with van der Waals surface area (Å²) in [6.07, 6.45) is 1.55. The Morgan fingerprint density at radius 2 is 1.76 bits per heavy atom. The highest BCUT2D eigenvalue weighted by Crippen LogP contribution is 2.23. The molecule has 0 saturated heterocycles. The van der Waals surface area contributed by atoms with E-state index in [1.165, 1.54) is 0 Å². The first kappa shape index (κ1) is 20.4. The number of aryl methyl sites for hydroxylation is 1. The van der Waals surface area contributed by atoms with Gasteiger partial charge in [-0.05, 0) is 48.4 Å². The minimum absolute atomic E-state index is 0.00736. The van der Waals surface area contributed by atoms with E-state index in [4.69, 9.17) is 4.74 Å². The van der Waals surface area contributed by atoms with Gasteiger partial charge in [0.25, 0.3) is 5.91 Å². The van der Waals surface area contributed by atoms with E-state index in [1.807, 2.05) is 79.7 Å². The maximum absolute atomic E-state index is 12.6. The number of para-hydroxylation sites is 2. The van der Waals surface area contributed by atoms with Crippen LogP contribution < -0.4 is 10.1 Å². The molecule has 0 fully saturated rings. The number of nitrogens with one attached hydrogen (secondary N) is 1. The van der Waals surface area contributed by atoms with Crippen molar-refractivity contribution in [2.45, 2.75) is 13.5 Å². The summed E-state index contributed by atoms with van der Waals surface area (Å²) in [4.78, 5) is 12.6. The predicted molar refractivity (Wildman–Crippen MR) is 118 cm³/mol. The quantitative estimate of drug-likeness (QED) is 0.379. The summed E-state index contributed by atoms with van der Waals surface area (Å²) in [5.41, 5.74) is 3.30. The molecule has 0 saturated carbocycles. The van der Waals surface area contributed by atoms with Crippen LogP contribution in [-0.2, 0) is 11.4 Å². The van der Waals surface area contributed by atoms with Crippen LogP contribution in [0.3, 0.4) is 0 Å². The maximum atomic E-state index is 12.6. The van der Waals surface area contributed by atoms with Crippen LogP contribution in [0.2, 0.25) is 0 Å². The molecule has 0 bridgehead atoms. The molecular formula is C24H19BrN2O2. The molecule has 0 aliphatic rings. The normalized spacial score (nSPS) is 10.9. The summed E-state index contributed by atoms with van der Waals surface area (Å²) in [5, 5.41) is 12.3. The van der Waals surface area contributed by atoms with Gasteiger partial charge < -0.3 is 10.1 Å². The van der Waals surface area contributed by atoms with Crippen molar-refractivity contribution in [1.82, 2.24) is 0 Å². The number of benzene rings is 3. The van der Waals surface area contributed by atoms with Gasteiger partial charge in [0.05, 0.1) is 0 Å². The lowest BCUT2D eigenvalue weighted by atomic mass is 10.1. The second kappa shape index (κ2) is 9.72. The van der Waals surface area contributed by atoms with E-state index < -0.39 is 5.91 Å². The van der Waals surface area contributed by atoms with Gasteiger partial charge in [-0.15, -0.1) is 0 Å². The first-order chi connectivity index (χ1) is 14.1. The van der Waals surface area contributed by atoms with Gasteiger partial charge in [0.15, 0.2) is 0 Å². The largest absolute Gasteiger partial charge is 0.488 e. The predicted octanol–water partition coefficient (Wildman–Crippen LogP) is 5.88. The molecular weight excluding hydrogens is 428 g/mol. The number of nitriles is 1. The molecule has 0 aliphatic carbocycles. The monoisotopic (exact) mass is 446 g/mol. The summed E-state index contributed by atoms with van der Waals surface area (Å²) in [7, 11) is 0. The van der Waals surface area contributed by atoms with Crippen LogP contribution >= 0.6 is 15.9 Å². The Kier molecular flexibility index (Phi) is 6.83. The maximum Gasteiger partial charge on any atom is 0.266 e. The number of hydrogen-bond donors (Lipinski definition) is 1. The van der Waals surface area contributed by atoms with E-state index in [1.54, 1.807) is 12.1 Å². The number of carbonyl (C=O) groups is 1. The van der Waals surface area contributed by atoms with E-state index in [9.17, 15) is 10.1 Å². The molecule has 144 valence electrons. The van der Waals surface area contributed by atoms with Crippen molar-refractivity contribution in [3.05, 3.63) is 99.5 Å². The van der Waals surface area contributed by atoms with Gasteiger partial charge in [0.1, 0.15) is 24.0 Å². The van der Waals surface area contributed by atoms with Gasteiger partial charge in [-0.2, -0.15) is 5.26 Å². The highest BCUT2D eigenvalue weighted by atomic mass is 79.9. The molecule has 0 atom stereocenters. The third-order valence-corrected chi connectivity index (χ3v) is 4.81. The van der Waals surface area contributed by atoms with Crippen molar-refractivity contribution in [3.8, 4) is 11.8 Å². The zero-order chi connectivity index (χ0) is 20.6. The number of carbonyl (C=O) groups excluding carboxylic acids is 1. The van der Waals surface area contributed by atoms with Crippen molar-refractivity contribution < 1.29 is 9.53 Å². The SMILES string of the molecule is Cc1ccccc1NC(=O)/C(C#N)=C/c1ccccc1OCc1ccc(Br)cc1. The summed E-state index contributed by atoms with van der Waals surface area (Å²) < 4.78 is 6.93. The smallest absolute Gasteiger partial charge is 0.266 e. The van der Waals surface area contributed by atoms with Crippen LogP contribution in [0.15, 0.2) is 82.8 Å². The van der Waals surface area contributed by atoms with Crippen LogP contribution in [0.25, 0.3) is 6.08 Å². The summed E-state index contributed by atoms with van der Waals surface area (Å²) in [5.74, 6) is 0.149. The third-order valence-electron chi connectivity index (χ3n) is 4.28. The van der Waals surface area contributed by atoms with Gasteiger partial charge in [-0.3, -0.25) is 4.79 Å². The molecule has 0 unspecified atom stereocenters. The Balaban J connectivity index is 1.78. The molecule has 1 amide bonds. The van der Waals surface area contributed by atoms with Crippen molar-refractivity contribution in [1.29, 1.82) is 5.26 Å². The molecule has 0 heterocycles. The highest BCUT2D eigenvalue weighted by molar-refractivity contribution is 9.10. The van der Waals surface area contributed by atoms with Crippen molar-refractivity contribution >= 4 is 33.6 Å². The lowest BCUT2D eigenvalue weighted by molar-refractivity contribution is -0.112. The molecule has 5 heteroatoms. The van der Waals surface area contributed by atoms with Gasteiger partial charge in [0.2, 0.25) is 0 Å². The fraction of sp³-hybridized carbons (Fsp3) is 0.0833. The lowest BCUT2D eigenvalue weighted by Gasteiger charge is -2.10. The molecule has 0 spiro atoms. The highest BCUT2D eigenvalue weighted by Gasteiger charge is 2.12. The average molecular weight is 447 g/mol. The zero-order valence-electron chi connectivity index (χ0n) is 15.9. The molecule has 3 rings (SSSR count). The van der Waals surface area contributed by atoms with Crippen LogP contribution in [0, 0.1) is 18.3 Å². The molecule has 1 N–H and O–H groups in total. The second-order valence-corrected chi connectivity index (χ2v) is 7.31. The zero-order valence-corrected chi connectivity index (χ0v) is 17.4. The molecule has 0 aromatic heterocycles. The van der Waals surface area contributed by atoms with Crippen molar-refractivity contribution in [3.63, 3.8) is 0 Å². The minimum Gasteiger partial charge on any atom is -0.488 e. The third kappa shape index (κ3) is 5.56. The Morgan fingerprint density at radius 1 is 1.07 bits per heavy atom. The van der Waals surface area contributed by atoms with Crippen LogP contribution in [0.1, 0.15) is 16.7 Å². The Bertz CT molecular complexity index is 1080. The van der Waals surface area contributed by atoms with E-state index in [0.29, 0.717) is 23.6 Å². The fourth-order valence-electron chi connectivity index (χ4n) is 2.68. The van der Waals surface area contributed by atoms with Crippen LogP contribution in [0.5, 0.6) is 5.75 Å².